The summed E-state index contributed by atoms with van der Waals surface area (Å²) in [6.45, 7) is 0.488. The maximum atomic E-state index is 12.9. The number of urea groups is 1. The van der Waals surface area contributed by atoms with Gasteiger partial charge in [0.1, 0.15) is 5.82 Å². The first-order chi connectivity index (χ1) is 9.72. The van der Waals surface area contributed by atoms with E-state index in [1.165, 1.54) is 23.5 Å². The summed E-state index contributed by atoms with van der Waals surface area (Å²) in [7, 11) is 0. The average Bonchev–Trinajstić information content (AvgIpc) is 3.15. The number of carbonyl (C=O) groups excluding carboxylic acids is 1. The van der Waals surface area contributed by atoms with Crippen LogP contribution >= 0.6 is 11.3 Å². The zero-order valence-electron chi connectivity index (χ0n) is 10.8. The Morgan fingerprint density at radius 2 is 2.15 bits per heavy atom. The summed E-state index contributed by atoms with van der Waals surface area (Å²) in [6.07, 6.45) is 3.70. The van der Waals surface area contributed by atoms with Crippen LogP contribution in [0.1, 0.15) is 18.4 Å². The molecule has 1 aliphatic carbocycles. The van der Waals surface area contributed by atoms with Crippen LogP contribution in [0.4, 0.5) is 14.3 Å². The van der Waals surface area contributed by atoms with Crippen LogP contribution in [0.25, 0.3) is 0 Å². The van der Waals surface area contributed by atoms with Crippen LogP contribution in [0.3, 0.4) is 0 Å². The highest BCUT2D eigenvalue weighted by molar-refractivity contribution is 7.13. The van der Waals surface area contributed by atoms with Crippen molar-refractivity contribution in [3.63, 3.8) is 0 Å². The molecule has 0 atom stereocenters. The number of rotatable bonds is 4. The molecule has 104 valence electrons. The van der Waals surface area contributed by atoms with E-state index in [0.717, 1.165) is 18.4 Å². The second-order valence-electron chi connectivity index (χ2n) is 4.75. The van der Waals surface area contributed by atoms with Crippen LogP contribution in [0.2, 0.25) is 0 Å². The third kappa shape index (κ3) is 3.14. The van der Waals surface area contributed by atoms with Crippen LogP contribution in [-0.2, 0) is 6.54 Å². The highest BCUT2D eigenvalue weighted by Crippen LogP contribution is 2.29. The van der Waals surface area contributed by atoms with Crippen molar-refractivity contribution in [2.45, 2.75) is 25.4 Å². The topological polar surface area (TPSA) is 45.2 Å². The van der Waals surface area contributed by atoms with E-state index in [4.69, 9.17) is 0 Å². The van der Waals surface area contributed by atoms with Gasteiger partial charge >= 0.3 is 6.03 Å². The molecule has 2 amide bonds. The Hall–Kier alpha value is -1.95. The van der Waals surface area contributed by atoms with Crippen molar-refractivity contribution >= 4 is 22.5 Å². The van der Waals surface area contributed by atoms with Gasteiger partial charge in [-0.1, -0.05) is 12.1 Å². The lowest BCUT2D eigenvalue weighted by atomic mass is 10.2. The third-order valence-corrected chi connectivity index (χ3v) is 3.85. The quantitative estimate of drug-likeness (QED) is 0.937. The predicted molar refractivity (Wildman–Crippen MR) is 76.1 cm³/mol. The number of benzene rings is 1. The summed E-state index contributed by atoms with van der Waals surface area (Å²) in [5.41, 5.74) is 0.924. The van der Waals surface area contributed by atoms with E-state index in [0.29, 0.717) is 11.7 Å². The molecule has 0 bridgehead atoms. The summed E-state index contributed by atoms with van der Waals surface area (Å²) >= 11 is 1.39. The summed E-state index contributed by atoms with van der Waals surface area (Å²) in [5.74, 6) is -0.265. The number of carbonyl (C=O) groups is 1. The van der Waals surface area contributed by atoms with Gasteiger partial charge in [0.15, 0.2) is 5.13 Å². The number of halogens is 1. The minimum atomic E-state index is -0.265. The second kappa shape index (κ2) is 5.58. The Morgan fingerprint density at radius 1 is 1.40 bits per heavy atom. The van der Waals surface area contributed by atoms with E-state index in [2.05, 4.69) is 10.3 Å². The van der Waals surface area contributed by atoms with Crippen molar-refractivity contribution in [3.05, 3.63) is 47.2 Å². The molecule has 1 aliphatic rings. The number of hydrogen-bond donors (Lipinski definition) is 1. The highest BCUT2D eigenvalue weighted by atomic mass is 32.1. The standard InChI is InChI=1S/C14H14FN3OS/c15-11-3-1-10(2-4-11)9-18(12-5-6-12)14(19)17-13-16-7-8-20-13/h1-4,7-8,12H,5-6,9H2,(H,16,17,19). The van der Waals surface area contributed by atoms with Gasteiger partial charge in [-0.2, -0.15) is 0 Å². The molecule has 6 heteroatoms. The fourth-order valence-electron chi connectivity index (χ4n) is 1.99. The van der Waals surface area contributed by atoms with E-state index < -0.39 is 0 Å². The maximum Gasteiger partial charge on any atom is 0.324 e. The number of nitrogens with one attached hydrogen (secondary N) is 1. The molecule has 0 saturated heterocycles. The third-order valence-electron chi connectivity index (χ3n) is 3.16. The largest absolute Gasteiger partial charge is 0.324 e. The molecule has 1 N–H and O–H groups in total. The van der Waals surface area contributed by atoms with Gasteiger partial charge in [0.25, 0.3) is 0 Å². The molecule has 0 unspecified atom stereocenters. The van der Waals surface area contributed by atoms with Crippen molar-refractivity contribution in [2.24, 2.45) is 0 Å². The van der Waals surface area contributed by atoms with E-state index in [-0.39, 0.29) is 17.9 Å². The lowest BCUT2D eigenvalue weighted by Gasteiger charge is -2.22. The SMILES string of the molecule is O=C(Nc1nccs1)N(Cc1ccc(F)cc1)C1CC1. The average molecular weight is 291 g/mol. The van der Waals surface area contributed by atoms with Crippen LogP contribution in [0.5, 0.6) is 0 Å². The van der Waals surface area contributed by atoms with E-state index >= 15 is 0 Å². The fraction of sp³-hybridized carbons (Fsp3) is 0.286. The van der Waals surface area contributed by atoms with E-state index in [1.807, 2.05) is 5.38 Å². The highest BCUT2D eigenvalue weighted by Gasteiger charge is 2.32. The lowest BCUT2D eigenvalue weighted by Crippen LogP contribution is -2.36. The maximum absolute atomic E-state index is 12.9. The Bertz CT molecular complexity index is 581. The number of anilines is 1. The molecule has 0 radical (unpaired) electrons. The Kier molecular flexibility index (Phi) is 3.64. The number of thiazole rings is 1. The molecule has 1 aromatic heterocycles. The van der Waals surface area contributed by atoms with Crippen molar-refractivity contribution in [2.75, 3.05) is 5.32 Å². The molecule has 1 saturated carbocycles. The van der Waals surface area contributed by atoms with Crippen molar-refractivity contribution in [1.82, 2.24) is 9.88 Å². The molecule has 4 nitrogen and oxygen atoms in total. The number of hydrogen-bond acceptors (Lipinski definition) is 3. The van der Waals surface area contributed by atoms with Crippen molar-refractivity contribution in [1.29, 1.82) is 0 Å². The lowest BCUT2D eigenvalue weighted by molar-refractivity contribution is 0.206. The summed E-state index contributed by atoms with van der Waals surface area (Å²) < 4.78 is 12.9. The van der Waals surface area contributed by atoms with Crippen LogP contribution in [-0.4, -0.2) is 22.0 Å². The van der Waals surface area contributed by atoms with Gasteiger partial charge in [-0.05, 0) is 30.5 Å². The Morgan fingerprint density at radius 3 is 2.75 bits per heavy atom. The molecule has 3 rings (SSSR count). The molecular weight excluding hydrogens is 277 g/mol. The van der Waals surface area contributed by atoms with Gasteiger partial charge in [0, 0.05) is 24.2 Å². The fourth-order valence-corrected chi connectivity index (χ4v) is 2.51. The molecule has 0 aliphatic heterocycles. The van der Waals surface area contributed by atoms with Gasteiger partial charge < -0.3 is 4.90 Å². The zero-order chi connectivity index (χ0) is 13.9. The van der Waals surface area contributed by atoms with Crippen LogP contribution in [0, 0.1) is 5.82 Å². The first kappa shape index (κ1) is 13.1. The van der Waals surface area contributed by atoms with E-state index in [9.17, 15) is 9.18 Å². The monoisotopic (exact) mass is 291 g/mol. The smallest absolute Gasteiger partial charge is 0.317 e. The summed E-state index contributed by atoms with van der Waals surface area (Å²) in [5, 5.41) is 5.21. The first-order valence-electron chi connectivity index (χ1n) is 6.44. The van der Waals surface area contributed by atoms with Crippen LogP contribution in [0.15, 0.2) is 35.8 Å². The van der Waals surface area contributed by atoms with Crippen molar-refractivity contribution < 1.29 is 9.18 Å². The van der Waals surface area contributed by atoms with Gasteiger partial charge in [0.05, 0.1) is 0 Å². The predicted octanol–water partition coefficient (Wildman–Crippen LogP) is 3.48. The normalized spacial score (nSPS) is 14.1. The van der Waals surface area contributed by atoms with Gasteiger partial charge in [-0.3, -0.25) is 5.32 Å². The Balaban J connectivity index is 1.69. The van der Waals surface area contributed by atoms with Crippen LogP contribution < -0.4 is 5.32 Å². The number of aromatic nitrogens is 1. The van der Waals surface area contributed by atoms with Crippen molar-refractivity contribution in [3.8, 4) is 0 Å². The molecule has 1 aromatic carbocycles. The first-order valence-corrected chi connectivity index (χ1v) is 7.32. The summed E-state index contributed by atoms with van der Waals surface area (Å²) in [6, 6.07) is 6.38. The van der Waals surface area contributed by atoms with Gasteiger partial charge in [-0.25, -0.2) is 14.2 Å². The molecule has 1 fully saturated rings. The minimum absolute atomic E-state index is 0.147. The zero-order valence-corrected chi connectivity index (χ0v) is 11.6. The number of amides is 2. The molecular formula is C14H14FN3OS. The van der Waals surface area contributed by atoms with E-state index in [1.54, 1.807) is 23.2 Å². The van der Waals surface area contributed by atoms with Gasteiger partial charge in [-0.15, -0.1) is 11.3 Å². The summed E-state index contributed by atoms with van der Waals surface area (Å²) in [4.78, 5) is 18.1. The molecule has 2 aromatic rings. The number of nitrogens with zero attached hydrogens (tertiary/aromatic N) is 2. The molecule has 1 heterocycles. The minimum Gasteiger partial charge on any atom is -0.317 e. The molecule has 0 spiro atoms. The molecule has 20 heavy (non-hydrogen) atoms. The Labute approximate surface area is 120 Å². The second-order valence-corrected chi connectivity index (χ2v) is 5.65. The van der Waals surface area contributed by atoms with Gasteiger partial charge in [0.2, 0.25) is 0 Å².